The molecular weight excluding hydrogens is 300 g/mol. The van der Waals surface area contributed by atoms with Gasteiger partial charge in [0.05, 0.1) is 18.3 Å². The van der Waals surface area contributed by atoms with Crippen molar-refractivity contribution in [3.8, 4) is 5.75 Å². The molecule has 8 nitrogen and oxygen atoms in total. The summed E-state index contributed by atoms with van der Waals surface area (Å²) in [7, 11) is 1.47. The van der Waals surface area contributed by atoms with E-state index in [0.717, 1.165) is 4.68 Å². The van der Waals surface area contributed by atoms with Crippen LogP contribution in [-0.4, -0.2) is 39.1 Å². The highest BCUT2D eigenvalue weighted by Gasteiger charge is 2.11. The first-order valence-electron chi connectivity index (χ1n) is 5.76. The third-order valence-electron chi connectivity index (χ3n) is 2.50. The molecule has 0 atom stereocenters. The zero-order chi connectivity index (χ0) is 15.4. The molecule has 2 rings (SSSR count). The molecule has 2 aromatic rings. The van der Waals surface area contributed by atoms with Gasteiger partial charge in [-0.25, -0.2) is 9.48 Å². The number of benzene rings is 1. The van der Waals surface area contributed by atoms with Crippen LogP contribution in [0.15, 0.2) is 24.4 Å². The van der Waals surface area contributed by atoms with E-state index >= 15 is 0 Å². The van der Waals surface area contributed by atoms with Crippen molar-refractivity contribution in [3.63, 3.8) is 0 Å². The number of carboxylic acids is 1. The molecule has 0 saturated heterocycles. The number of carbonyl (C=O) groups excluding carboxylic acids is 1. The number of ether oxygens (including phenoxy) is 1. The minimum atomic E-state index is -1.20. The molecule has 0 bridgehead atoms. The zero-order valence-corrected chi connectivity index (χ0v) is 11.7. The maximum atomic E-state index is 11.8. The summed E-state index contributed by atoms with van der Waals surface area (Å²) in [4.78, 5) is 22.5. The Kier molecular flexibility index (Phi) is 4.39. The number of carbonyl (C=O) groups is 2. The Morgan fingerprint density at radius 2 is 2.24 bits per heavy atom. The number of carboxylic acid groups (broad SMARTS) is 1. The first-order valence-corrected chi connectivity index (χ1v) is 6.14. The summed E-state index contributed by atoms with van der Waals surface area (Å²) >= 11 is 5.88. The van der Waals surface area contributed by atoms with Crippen molar-refractivity contribution in [2.24, 2.45) is 0 Å². The molecular formula is C12H11ClN4O4. The van der Waals surface area contributed by atoms with Crippen LogP contribution in [0.3, 0.4) is 0 Å². The number of nitrogens with one attached hydrogen (secondary N) is 1. The summed E-state index contributed by atoms with van der Waals surface area (Å²) in [6.45, 7) is -0.161. The number of hydrogen-bond acceptors (Lipinski definition) is 5. The molecule has 0 aliphatic rings. The molecule has 1 aromatic heterocycles. The Morgan fingerprint density at radius 1 is 1.48 bits per heavy atom. The second-order valence-electron chi connectivity index (χ2n) is 4.00. The molecule has 0 fully saturated rings. The Balaban J connectivity index is 2.02. The summed E-state index contributed by atoms with van der Waals surface area (Å²) in [6.07, 6.45) is 1.17. The van der Waals surface area contributed by atoms with Crippen molar-refractivity contribution >= 4 is 29.2 Å². The van der Waals surface area contributed by atoms with Crippen molar-refractivity contribution in [1.29, 1.82) is 0 Å². The smallest absolute Gasteiger partial charge is 0.358 e. The molecule has 21 heavy (non-hydrogen) atoms. The highest BCUT2D eigenvalue weighted by atomic mass is 35.5. The number of amides is 1. The van der Waals surface area contributed by atoms with Crippen molar-refractivity contribution in [3.05, 3.63) is 35.1 Å². The first kappa shape index (κ1) is 14.8. The lowest BCUT2D eigenvalue weighted by Crippen LogP contribution is -2.19. The van der Waals surface area contributed by atoms with E-state index in [1.807, 2.05) is 0 Å². The number of anilines is 1. The molecule has 9 heteroatoms. The van der Waals surface area contributed by atoms with Gasteiger partial charge < -0.3 is 15.2 Å². The summed E-state index contributed by atoms with van der Waals surface area (Å²) in [6, 6.07) is 4.78. The van der Waals surface area contributed by atoms with Gasteiger partial charge in [0, 0.05) is 11.8 Å². The normalized spacial score (nSPS) is 10.2. The predicted molar refractivity (Wildman–Crippen MR) is 73.6 cm³/mol. The van der Waals surface area contributed by atoms with Gasteiger partial charge in [-0.3, -0.25) is 4.79 Å². The topological polar surface area (TPSA) is 106 Å². The quantitative estimate of drug-likeness (QED) is 0.861. The second kappa shape index (κ2) is 6.23. The SMILES string of the molecule is COc1cc(NC(=O)Cn2cc(C(=O)O)nn2)ccc1Cl. The van der Waals surface area contributed by atoms with E-state index in [1.54, 1.807) is 18.2 Å². The van der Waals surface area contributed by atoms with Crippen LogP contribution in [-0.2, 0) is 11.3 Å². The van der Waals surface area contributed by atoms with Gasteiger partial charge in [-0.1, -0.05) is 16.8 Å². The van der Waals surface area contributed by atoms with E-state index < -0.39 is 5.97 Å². The number of nitrogens with zero attached hydrogens (tertiary/aromatic N) is 3. The third kappa shape index (κ3) is 3.69. The summed E-state index contributed by atoms with van der Waals surface area (Å²) in [5.74, 6) is -1.16. The summed E-state index contributed by atoms with van der Waals surface area (Å²) < 4.78 is 6.17. The van der Waals surface area contributed by atoms with Gasteiger partial charge in [0.25, 0.3) is 0 Å². The highest BCUT2D eigenvalue weighted by molar-refractivity contribution is 6.32. The van der Waals surface area contributed by atoms with Crippen LogP contribution in [0.2, 0.25) is 5.02 Å². The molecule has 0 spiro atoms. The second-order valence-corrected chi connectivity index (χ2v) is 4.41. The van der Waals surface area contributed by atoms with Crippen LogP contribution in [0.4, 0.5) is 5.69 Å². The predicted octanol–water partition coefficient (Wildman–Crippen LogP) is 1.28. The van der Waals surface area contributed by atoms with Gasteiger partial charge in [-0.2, -0.15) is 0 Å². The fourth-order valence-electron chi connectivity index (χ4n) is 1.56. The van der Waals surface area contributed by atoms with Gasteiger partial charge in [0.1, 0.15) is 12.3 Å². The molecule has 0 aliphatic heterocycles. The van der Waals surface area contributed by atoms with Crippen LogP contribution in [0, 0.1) is 0 Å². The Hall–Kier alpha value is -2.61. The number of rotatable bonds is 5. The van der Waals surface area contributed by atoms with E-state index in [9.17, 15) is 9.59 Å². The molecule has 110 valence electrons. The molecule has 0 saturated carbocycles. The van der Waals surface area contributed by atoms with Crippen molar-refractivity contribution in [2.75, 3.05) is 12.4 Å². The molecule has 1 aromatic carbocycles. The molecule has 0 aliphatic carbocycles. The van der Waals surface area contributed by atoms with Gasteiger partial charge >= 0.3 is 5.97 Å². The van der Waals surface area contributed by atoms with Crippen LogP contribution in [0.25, 0.3) is 0 Å². The lowest BCUT2D eigenvalue weighted by Gasteiger charge is -2.08. The van der Waals surface area contributed by atoms with Crippen molar-refractivity contribution in [2.45, 2.75) is 6.54 Å². The lowest BCUT2D eigenvalue weighted by molar-refractivity contribution is -0.116. The third-order valence-corrected chi connectivity index (χ3v) is 2.81. The standard InChI is InChI=1S/C12H11ClN4O4/c1-21-10-4-7(2-3-8(10)13)14-11(18)6-17-5-9(12(19)20)15-16-17/h2-5H,6H2,1H3,(H,14,18)(H,19,20). The molecule has 1 heterocycles. The van der Waals surface area contributed by atoms with E-state index in [0.29, 0.717) is 16.5 Å². The van der Waals surface area contributed by atoms with Crippen LogP contribution in [0.1, 0.15) is 10.5 Å². The van der Waals surface area contributed by atoms with E-state index in [1.165, 1.54) is 13.3 Å². The average molecular weight is 311 g/mol. The van der Waals surface area contributed by atoms with E-state index in [-0.39, 0.29) is 18.1 Å². The van der Waals surface area contributed by atoms with Gasteiger partial charge in [-0.05, 0) is 12.1 Å². The largest absolute Gasteiger partial charge is 0.495 e. The maximum absolute atomic E-state index is 11.8. The monoisotopic (exact) mass is 310 g/mol. The van der Waals surface area contributed by atoms with Crippen LogP contribution >= 0.6 is 11.6 Å². The Bertz CT molecular complexity index is 686. The highest BCUT2D eigenvalue weighted by Crippen LogP contribution is 2.27. The number of aromatic carboxylic acids is 1. The fraction of sp³-hybridized carbons (Fsp3) is 0.167. The van der Waals surface area contributed by atoms with Crippen LogP contribution in [0.5, 0.6) is 5.75 Å². The lowest BCUT2D eigenvalue weighted by atomic mass is 10.3. The number of aromatic nitrogens is 3. The Labute approximate surface area is 124 Å². The van der Waals surface area contributed by atoms with E-state index in [4.69, 9.17) is 21.4 Å². The van der Waals surface area contributed by atoms with Crippen LogP contribution < -0.4 is 10.1 Å². The minimum absolute atomic E-state index is 0.161. The molecule has 1 amide bonds. The number of methoxy groups -OCH3 is 1. The van der Waals surface area contributed by atoms with Crippen molar-refractivity contribution in [1.82, 2.24) is 15.0 Å². The summed E-state index contributed by atoms with van der Waals surface area (Å²) in [5, 5.41) is 18.7. The average Bonchev–Trinajstić information content (AvgIpc) is 2.89. The minimum Gasteiger partial charge on any atom is -0.495 e. The van der Waals surface area contributed by atoms with Gasteiger partial charge in [0.15, 0.2) is 5.69 Å². The fourth-order valence-corrected chi connectivity index (χ4v) is 1.75. The summed E-state index contributed by atoms with van der Waals surface area (Å²) in [5.41, 5.74) is 0.274. The van der Waals surface area contributed by atoms with Gasteiger partial charge in [0.2, 0.25) is 5.91 Å². The molecule has 0 radical (unpaired) electrons. The molecule has 2 N–H and O–H groups in total. The maximum Gasteiger partial charge on any atom is 0.358 e. The zero-order valence-electron chi connectivity index (χ0n) is 10.9. The van der Waals surface area contributed by atoms with Crippen molar-refractivity contribution < 1.29 is 19.4 Å². The molecule has 0 unspecified atom stereocenters. The van der Waals surface area contributed by atoms with E-state index in [2.05, 4.69) is 15.6 Å². The van der Waals surface area contributed by atoms with Gasteiger partial charge in [-0.15, -0.1) is 5.10 Å². The number of hydrogen-bond donors (Lipinski definition) is 2. The Morgan fingerprint density at radius 3 is 2.86 bits per heavy atom. The number of halogens is 1. The first-order chi connectivity index (χ1) is 9.99.